The fourth-order valence-electron chi connectivity index (χ4n) is 3.55. The van der Waals surface area contributed by atoms with Crippen molar-refractivity contribution < 1.29 is 33.4 Å². The van der Waals surface area contributed by atoms with Gasteiger partial charge in [0, 0.05) is 19.4 Å². The first-order valence-electron chi connectivity index (χ1n) is 12.0. The predicted octanol–water partition coefficient (Wildman–Crippen LogP) is 3.36. The summed E-state index contributed by atoms with van der Waals surface area (Å²) in [6.07, 6.45) is 5.27. The third kappa shape index (κ3) is 17.6. The Morgan fingerprint density at radius 3 is 2.08 bits per heavy atom. The molecule has 1 saturated carbocycles. The third-order valence-corrected chi connectivity index (χ3v) is 5.42. The Kier molecular flexibility index (Phi) is 22.2. The lowest BCUT2D eigenvalue weighted by molar-refractivity contribution is -0.147. The van der Waals surface area contributed by atoms with Crippen molar-refractivity contribution in [3.63, 3.8) is 0 Å². The van der Waals surface area contributed by atoms with Crippen LogP contribution in [0.15, 0.2) is 55.6 Å². The van der Waals surface area contributed by atoms with Gasteiger partial charge in [-0.2, -0.15) is 0 Å². The van der Waals surface area contributed by atoms with Crippen LogP contribution in [0.4, 0.5) is 0 Å². The Hall–Kier alpha value is -3.46. The number of primary amides is 1. The van der Waals surface area contributed by atoms with E-state index in [4.69, 9.17) is 9.53 Å². The zero-order valence-corrected chi connectivity index (χ0v) is 22.8. The summed E-state index contributed by atoms with van der Waals surface area (Å²) < 4.78 is 14.2. The third-order valence-electron chi connectivity index (χ3n) is 5.42. The van der Waals surface area contributed by atoms with Gasteiger partial charge in [-0.05, 0) is 38.5 Å². The summed E-state index contributed by atoms with van der Waals surface area (Å²) in [5, 5.41) is 2.66. The van der Waals surface area contributed by atoms with Gasteiger partial charge in [-0.3, -0.25) is 14.4 Å². The summed E-state index contributed by atoms with van der Waals surface area (Å²) in [4.78, 5) is 44.1. The summed E-state index contributed by atoms with van der Waals surface area (Å²) in [5.41, 5.74) is 5.49. The van der Waals surface area contributed by atoms with Crippen molar-refractivity contribution in [3.8, 4) is 0 Å². The van der Waals surface area contributed by atoms with Gasteiger partial charge in [0.25, 0.3) is 0 Å². The Labute approximate surface area is 221 Å². The number of rotatable bonds is 9. The van der Waals surface area contributed by atoms with E-state index < -0.39 is 12.0 Å². The van der Waals surface area contributed by atoms with Crippen LogP contribution in [0.3, 0.4) is 0 Å². The fraction of sp³-hybridized carbons (Fsp3) is 0.500. The van der Waals surface area contributed by atoms with Crippen LogP contribution in [-0.4, -0.2) is 57.7 Å². The Balaban J connectivity index is 0. The molecule has 0 saturated heterocycles. The van der Waals surface area contributed by atoms with E-state index in [0.717, 1.165) is 6.42 Å². The van der Waals surface area contributed by atoms with Crippen molar-refractivity contribution in [3.05, 3.63) is 61.2 Å². The minimum absolute atomic E-state index is 0.0674. The fourth-order valence-corrected chi connectivity index (χ4v) is 3.55. The topological polar surface area (TPSA) is 134 Å². The molecule has 2 rings (SSSR count). The van der Waals surface area contributed by atoms with Crippen LogP contribution in [0.2, 0.25) is 0 Å². The van der Waals surface area contributed by atoms with Crippen LogP contribution in [0, 0.1) is 24.7 Å². The standard InChI is InChI=1S/C16H25NO5.C7H8.C4H8O.CH3NO/c1-5-8-22-14(18)9-13-10(2)6-7-12(13)15(19)17-11(3)16(20)21-4;1-7-5-3-2-4-6-7;1-3-4-5-2;2-1-3/h5,10-13H,1,6-9H2,2-4H3,(H,17,19);2-6H,1H3;3H,1,4H2,2H3;1H,(H2,2,3). The molecular formula is C28H44N2O7. The second kappa shape index (κ2) is 23.0. The number of esters is 2. The van der Waals surface area contributed by atoms with E-state index in [1.807, 2.05) is 25.1 Å². The number of hydrogen-bond donors (Lipinski definition) is 2. The molecule has 0 radical (unpaired) electrons. The van der Waals surface area contributed by atoms with E-state index in [1.54, 1.807) is 20.1 Å². The summed E-state index contributed by atoms with van der Waals surface area (Å²) in [5.74, 6) is -1.09. The highest BCUT2D eigenvalue weighted by Gasteiger charge is 2.40. The number of aryl methyl sites for hydroxylation is 1. The molecule has 1 aliphatic carbocycles. The molecule has 0 heterocycles. The highest BCUT2D eigenvalue weighted by Crippen LogP contribution is 2.39. The van der Waals surface area contributed by atoms with Gasteiger partial charge < -0.3 is 25.3 Å². The van der Waals surface area contributed by atoms with Gasteiger partial charge in [0.2, 0.25) is 12.3 Å². The first kappa shape index (κ1) is 35.7. The van der Waals surface area contributed by atoms with Crippen LogP contribution in [-0.2, 0) is 33.4 Å². The molecule has 1 aliphatic rings. The van der Waals surface area contributed by atoms with Gasteiger partial charge in [-0.15, -0.1) is 6.58 Å². The van der Waals surface area contributed by atoms with Crippen molar-refractivity contribution in [1.29, 1.82) is 0 Å². The van der Waals surface area contributed by atoms with E-state index in [0.29, 0.717) is 13.0 Å². The van der Waals surface area contributed by atoms with E-state index in [2.05, 4.69) is 52.7 Å². The van der Waals surface area contributed by atoms with E-state index >= 15 is 0 Å². The molecule has 208 valence electrons. The molecule has 0 aliphatic heterocycles. The van der Waals surface area contributed by atoms with Crippen molar-refractivity contribution in [1.82, 2.24) is 5.32 Å². The molecule has 1 aromatic carbocycles. The minimum Gasteiger partial charge on any atom is -0.467 e. The molecule has 1 fully saturated rings. The van der Waals surface area contributed by atoms with Gasteiger partial charge in [-0.1, -0.05) is 61.5 Å². The largest absolute Gasteiger partial charge is 0.467 e. The Morgan fingerprint density at radius 1 is 1.11 bits per heavy atom. The molecule has 0 bridgehead atoms. The second-order valence-electron chi connectivity index (χ2n) is 8.29. The molecular weight excluding hydrogens is 476 g/mol. The monoisotopic (exact) mass is 520 g/mol. The van der Waals surface area contributed by atoms with E-state index in [9.17, 15) is 14.4 Å². The zero-order valence-electron chi connectivity index (χ0n) is 22.8. The summed E-state index contributed by atoms with van der Waals surface area (Å²) in [6.45, 7) is 13.4. The van der Waals surface area contributed by atoms with Crippen LogP contribution in [0.5, 0.6) is 0 Å². The lowest BCUT2D eigenvalue weighted by Crippen LogP contribution is -2.43. The summed E-state index contributed by atoms with van der Waals surface area (Å²) in [7, 11) is 2.92. The predicted molar refractivity (Wildman–Crippen MR) is 144 cm³/mol. The lowest BCUT2D eigenvalue weighted by Gasteiger charge is -2.22. The average Bonchev–Trinajstić information content (AvgIpc) is 3.24. The van der Waals surface area contributed by atoms with Gasteiger partial charge in [0.05, 0.1) is 13.7 Å². The smallest absolute Gasteiger partial charge is 0.328 e. The van der Waals surface area contributed by atoms with Gasteiger partial charge in [0.15, 0.2) is 0 Å². The van der Waals surface area contributed by atoms with Crippen molar-refractivity contribution in [2.75, 3.05) is 27.4 Å². The number of methoxy groups -OCH3 is 2. The molecule has 0 spiro atoms. The quantitative estimate of drug-likeness (QED) is 0.290. The Morgan fingerprint density at radius 2 is 1.68 bits per heavy atom. The molecule has 37 heavy (non-hydrogen) atoms. The van der Waals surface area contributed by atoms with Gasteiger partial charge >= 0.3 is 11.9 Å². The number of ether oxygens (including phenoxy) is 3. The minimum atomic E-state index is -0.693. The molecule has 2 amide bonds. The maximum atomic E-state index is 12.3. The van der Waals surface area contributed by atoms with Crippen molar-refractivity contribution >= 4 is 24.3 Å². The van der Waals surface area contributed by atoms with Crippen LogP contribution in [0.1, 0.15) is 38.7 Å². The number of nitrogens with one attached hydrogen (secondary N) is 1. The highest BCUT2D eigenvalue weighted by molar-refractivity contribution is 5.86. The summed E-state index contributed by atoms with van der Waals surface area (Å²) in [6, 6.07) is 9.57. The average molecular weight is 521 g/mol. The molecule has 9 nitrogen and oxygen atoms in total. The Bertz CT molecular complexity index is 799. The van der Waals surface area contributed by atoms with Crippen molar-refractivity contribution in [2.24, 2.45) is 23.5 Å². The van der Waals surface area contributed by atoms with Crippen LogP contribution < -0.4 is 11.1 Å². The van der Waals surface area contributed by atoms with Crippen molar-refractivity contribution in [2.45, 2.75) is 46.1 Å². The first-order valence-corrected chi connectivity index (χ1v) is 12.0. The molecule has 0 aromatic heterocycles. The molecule has 4 atom stereocenters. The number of carbonyl (C=O) groups excluding carboxylic acids is 4. The first-order chi connectivity index (χ1) is 17.6. The zero-order chi connectivity index (χ0) is 28.6. The number of benzene rings is 1. The van der Waals surface area contributed by atoms with E-state index in [1.165, 1.54) is 18.7 Å². The highest BCUT2D eigenvalue weighted by atomic mass is 16.5. The number of nitrogens with two attached hydrogens (primary N) is 1. The van der Waals surface area contributed by atoms with E-state index in [-0.39, 0.29) is 49.1 Å². The van der Waals surface area contributed by atoms with Gasteiger partial charge in [-0.25, -0.2) is 4.79 Å². The molecule has 1 aromatic rings. The number of carbonyl (C=O) groups is 4. The van der Waals surface area contributed by atoms with Crippen LogP contribution in [0.25, 0.3) is 0 Å². The number of hydrogen-bond acceptors (Lipinski definition) is 7. The molecule has 4 unspecified atom stereocenters. The molecule has 3 N–H and O–H groups in total. The maximum Gasteiger partial charge on any atom is 0.328 e. The summed E-state index contributed by atoms with van der Waals surface area (Å²) >= 11 is 0. The normalized spacial score (nSPS) is 17.9. The van der Waals surface area contributed by atoms with Gasteiger partial charge in [0.1, 0.15) is 12.6 Å². The molecule has 9 heteroatoms. The second-order valence-corrected chi connectivity index (χ2v) is 8.29. The van der Waals surface area contributed by atoms with Crippen LogP contribution >= 0.6 is 0 Å². The number of amides is 2. The SMILES string of the molecule is C=CCOC.C=CCOC(=O)CC1C(C)CCC1C(=O)NC(C)C(=O)OC.Cc1ccccc1.NC=O. The lowest BCUT2D eigenvalue weighted by atomic mass is 9.87. The maximum absolute atomic E-state index is 12.3.